The van der Waals surface area contributed by atoms with Gasteiger partial charge in [-0.1, -0.05) is 0 Å². The fourth-order valence-corrected chi connectivity index (χ4v) is 10.4. The molecular formula is C28H19O4P. The number of fused-ring (bicyclic) bond motifs is 2. The van der Waals surface area contributed by atoms with E-state index in [0.717, 1.165) is 32.2 Å². The van der Waals surface area contributed by atoms with Crippen molar-refractivity contribution in [2.24, 2.45) is 0 Å². The summed E-state index contributed by atoms with van der Waals surface area (Å²) in [5.41, 5.74) is 0.388. The van der Waals surface area contributed by atoms with Gasteiger partial charge in [-0.05, 0) is 0 Å². The van der Waals surface area contributed by atoms with Crippen LogP contribution >= 0.6 is 7.06 Å². The molecule has 0 saturated heterocycles. The van der Waals surface area contributed by atoms with Crippen LogP contribution in [0.15, 0.2) is 97.1 Å². The molecular weight excluding hydrogens is 431 g/mol. The molecule has 160 valence electrons. The first-order valence-corrected chi connectivity index (χ1v) is 12.9. The van der Waals surface area contributed by atoms with Crippen LogP contribution in [-0.2, 0) is 0 Å². The van der Waals surface area contributed by atoms with Crippen molar-refractivity contribution in [3.63, 3.8) is 0 Å². The molecule has 2 heterocycles. The zero-order valence-corrected chi connectivity index (χ0v) is 18.7. The minimum absolute atomic E-state index is 0.143. The van der Waals surface area contributed by atoms with Crippen LogP contribution in [-0.4, -0.2) is 12.6 Å². The van der Waals surface area contributed by atoms with E-state index in [1.165, 1.54) is 0 Å². The third-order valence-corrected chi connectivity index (χ3v) is 11.4. The van der Waals surface area contributed by atoms with E-state index in [-0.39, 0.29) is 5.52 Å². The van der Waals surface area contributed by atoms with Crippen LogP contribution in [0.3, 0.4) is 0 Å². The van der Waals surface area contributed by atoms with E-state index in [9.17, 15) is 4.79 Å². The number of hydrogen-bond donors (Lipinski definition) is 0. The summed E-state index contributed by atoms with van der Waals surface area (Å²) in [4.78, 5) is 14.8. The molecule has 0 fully saturated rings. The number of ether oxygens (including phenoxy) is 1. The Hall–Kier alpha value is -3.88. The van der Waals surface area contributed by atoms with Gasteiger partial charge >= 0.3 is 190 Å². The topological polar surface area (TPSA) is 44.8 Å². The first kappa shape index (κ1) is 18.7. The third-order valence-electron chi connectivity index (χ3n) is 6.82. The van der Waals surface area contributed by atoms with Crippen molar-refractivity contribution < 1.29 is 18.6 Å². The number of carbonyl (C=O) groups excluding carboxylic acids is 1. The summed E-state index contributed by atoms with van der Waals surface area (Å²) in [6.07, 6.45) is 0. The van der Waals surface area contributed by atoms with E-state index in [0.29, 0.717) is 22.8 Å². The average Bonchev–Trinajstić information content (AvgIpc) is 3.33. The molecule has 0 saturated carbocycles. The second-order valence-electron chi connectivity index (χ2n) is 8.44. The number of carbonyl (C=O) groups is 1. The summed E-state index contributed by atoms with van der Waals surface area (Å²) in [6.45, 7) is 0. The molecule has 0 N–H and O–H groups in total. The van der Waals surface area contributed by atoms with Gasteiger partial charge in [0.1, 0.15) is 0 Å². The van der Waals surface area contributed by atoms with E-state index >= 15 is 0 Å². The summed E-state index contributed by atoms with van der Waals surface area (Å²) >= 11 is 0. The molecule has 1 spiro atoms. The molecule has 0 aromatic heterocycles. The molecule has 2 aliphatic heterocycles. The van der Waals surface area contributed by atoms with Gasteiger partial charge in [0.15, 0.2) is 0 Å². The number of hydrogen-bond acceptors (Lipinski definition) is 4. The first-order valence-electron chi connectivity index (χ1n) is 10.8. The van der Waals surface area contributed by atoms with Gasteiger partial charge in [-0.2, -0.15) is 0 Å². The molecule has 5 aromatic rings. The minimum atomic E-state index is -4.30. The van der Waals surface area contributed by atoms with Gasteiger partial charge in [0.2, 0.25) is 0 Å². The van der Waals surface area contributed by atoms with Crippen molar-refractivity contribution in [1.82, 2.24) is 0 Å². The third kappa shape index (κ3) is 2.08. The normalized spacial score (nSPS) is 17.3. The van der Waals surface area contributed by atoms with Crippen molar-refractivity contribution in [3.8, 4) is 17.2 Å². The van der Waals surface area contributed by atoms with Crippen LogP contribution in [0.1, 0.15) is 10.4 Å². The summed E-state index contributed by atoms with van der Waals surface area (Å²) in [5.74, 6) is 2.06. The van der Waals surface area contributed by atoms with Gasteiger partial charge in [-0.3, -0.25) is 0 Å². The van der Waals surface area contributed by atoms with Gasteiger partial charge in [0.05, 0.1) is 0 Å². The molecule has 5 heteroatoms. The SMILES string of the molecule is COc1ccc(C(=O)P23(Oc4cccc5cccc2c45)Oc2cccc4cccc3c24)cc1. The zero-order valence-electron chi connectivity index (χ0n) is 17.8. The van der Waals surface area contributed by atoms with Crippen molar-refractivity contribution in [2.45, 2.75) is 0 Å². The molecule has 0 amide bonds. The molecule has 0 bridgehead atoms. The van der Waals surface area contributed by atoms with Crippen molar-refractivity contribution in [2.75, 3.05) is 7.11 Å². The zero-order chi connectivity index (χ0) is 22.2. The van der Waals surface area contributed by atoms with Gasteiger partial charge in [0.25, 0.3) is 0 Å². The first-order chi connectivity index (χ1) is 16.1. The Morgan fingerprint density at radius 3 is 1.64 bits per heavy atom. The van der Waals surface area contributed by atoms with Gasteiger partial charge in [0, 0.05) is 0 Å². The summed E-state index contributed by atoms with van der Waals surface area (Å²) in [6, 6.07) is 31.1. The molecule has 2 aliphatic rings. The van der Waals surface area contributed by atoms with Crippen molar-refractivity contribution in [1.29, 1.82) is 0 Å². The van der Waals surface area contributed by atoms with Crippen molar-refractivity contribution in [3.05, 3.63) is 103 Å². The van der Waals surface area contributed by atoms with Crippen LogP contribution in [0.4, 0.5) is 0 Å². The van der Waals surface area contributed by atoms with E-state index < -0.39 is 7.06 Å². The summed E-state index contributed by atoms with van der Waals surface area (Å²) in [7, 11) is -2.69. The fourth-order valence-electron chi connectivity index (χ4n) is 5.39. The van der Waals surface area contributed by atoms with Crippen LogP contribution in [0.2, 0.25) is 0 Å². The molecule has 7 rings (SSSR count). The van der Waals surface area contributed by atoms with E-state index in [4.69, 9.17) is 13.8 Å². The quantitative estimate of drug-likeness (QED) is 0.318. The molecule has 0 radical (unpaired) electrons. The molecule has 0 atom stereocenters. The molecule has 0 unspecified atom stereocenters. The fraction of sp³-hybridized carbons (Fsp3) is 0.0357. The Balaban J connectivity index is 1.64. The Morgan fingerprint density at radius 1 is 0.667 bits per heavy atom. The number of benzene rings is 5. The Morgan fingerprint density at radius 2 is 1.15 bits per heavy atom. The number of rotatable bonds is 3. The van der Waals surface area contributed by atoms with Gasteiger partial charge in [-0.15, -0.1) is 0 Å². The van der Waals surface area contributed by atoms with Crippen LogP contribution in [0, 0.1) is 0 Å². The second-order valence-corrected chi connectivity index (χ2v) is 12.1. The van der Waals surface area contributed by atoms with Gasteiger partial charge < -0.3 is 0 Å². The second kappa shape index (κ2) is 6.12. The summed E-state index contributed by atoms with van der Waals surface area (Å²) < 4.78 is 19.2. The van der Waals surface area contributed by atoms with Crippen molar-refractivity contribution >= 4 is 44.7 Å². The molecule has 33 heavy (non-hydrogen) atoms. The Labute approximate surface area is 190 Å². The van der Waals surface area contributed by atoms with Crippen LogP contribution in [0.5, 0.6) is 17.2 Å². The summed E-state index contributed by atoms with van der Waals surface area (Å²) in [5, 5.41) is 5.62. The molecule has 0 aliphatic carbocycles. The van der Waals surface area contributed by atoms with E-state index in [1.54, 1.807) is 31.4 Å². The maximum atomic E-state index is 14.8. The molecule has 4 nitrogen and oxygen atoms in total. The predicted octanol–water partition coefficient (Wildman–Crippen LogP) is 5.96. The van der Waals surface area contributed by atoms with Gasteiger partial charge in [-0.25, -0.2) is 0 Å². The standard InChI is InChI=1S/C28H19O4P/c1-30-21-16-14-20(15-17-21)28(29)33(24-12-4-8-18-6-2-10-22(31-33)26(18)24)25-13-5-9-19-7-3-11-23(32-33)27(19)25/h2-17H,1H3. The van der Waals surface area contributed by atoms with E-state index in [1.807, 2.05) is 72.8 Å². The monoisotopic (exact) mass is 450 g/mol. The average molecular weight is 450 g/mol. The van der Waals surface area contributed by atoms with Crippen LogP contribution < -0.4 is 24.4 Å². The van der Waals surface area contributed by atoms with Crippen LogP contribution in [0.25, 0.3) is 21.5 Å². The number of methoxy groups -OCH3 is 1. The van der Waals surface area contributed by atoms with E-state index in [2.05, 4.69) is 0 Å². The Kier molecular flexibility index (Phi) is 3.46. The Bertz CT molecular complexity index is 1530. The molecule has 5 aromatic carbocycles. The maximum absolute atomic E-state index is 14.8. The predicted molar refractivity (Wildman–Crippen MR) is 133 cm³/mol.